The molecule has 3 nitrogen and oxygen atoms in total. The topological polar surface area (TPSA) is 13.2 Å². The van der Waals surface area contributed by atoms with Gasteiger partial charge in [-0.15, -0.1) is 0 Å². The van der Waals surface area contributed by atoms with Gasteiger partial charge < -0.3 is 4.57 Å². The molecule has 0 bridgehead atoms. The van der Waals surface area contributed by atoms with Crippen molar-refractivity contribution in [2.24, 2.45) is 14.1 Å². The molecule has 6 rings (SSSR count). The number of para-hydroxylation sites is 3. The number of pyridine rings is 2. The van der Waals surface area contributed by atoms with Crippen LogP contribution in [0.5, 0.6) is 0 Å². The van der Waals surface area contributed by atoms with Crippen LogP contribution in [0.1, 0.15) is 0 Å². The molecule has 10 heteroatoms. The van der Waals surface area contributed by atoms with Crippen LogP contribution in [0.3, 0.4) is 0 Å². The molecule has 0 saturated heterocycles. The first-order chi connectivity index (χ1) is 15.2. The quantitative estimate of drug-likeness (QED) is 0.0684. The normalized spacial score (nSPS) is 14.5. The van der Waals surface area contributed by atoms with Crippen molar-refractivity contribution in [1.82, 2.24) is 8.97 Å². The first kappa shape index (κ1) is 21.5. The van der Waals surface area contributed by atoms with Gasteiger partial charge in [-0.1, -0.05) is 36.4 Å². The zero-order valence-corrected chi connectivity index (χ0v) is 18.4. The summed E-state index contributed by atoms with van der Waals surface area (Å²) in [6.45, 7) is 0. The van der Waals surface area contributed by atoms with E-state index in [2.05, 4.69) is 100 Å². The number of nitrogens with zero attached hydrogens (tertiary/aromatic N) is 3. The molecule has 0 unspecified atom stereocenters. The van der Waals surface area contributed by atoms with Gasteiger partial charge >= 0.3 is 33.0 Å². The average Bonchev–Trinajstić information content (AvgIpc) is 3.02. The Balaban J connectivity index is 0.000000287. The number of benzene rings is 3. The Morgan fingerprint density at radius 2 is 1.21 bits per heavy atom. The standard InChI is InChI=1S/C23H18N3.F6P/c1-24-17-9-4-3-8-15(17)16-14-22-25(2)18-10-5-6-11-19(18)26(22)21-13-7-12-20(24)23(16)21;1-7(2,3,4,5)6/h3-14H,1-2H3;/q+1;-1. The summed E-state index contributed by atoms with van der Waals surface area (Å²) in [5.74, 6) is 0. The maximum atomic E-state index is 9.87. The fourth-order valence-corrected chi connectivity index (χ4v) is 4.56. The van der Waals surface area contributed by atoms with E-state index in [-0.39, 0.29) is 0 Å². The van der Waals surface area contributed by atoms with Crippen LogP contribution in [0.15, 0.2) is 72.8 Å². The molecular formula is C23H18F6N3P. The van der Waals surface area contributed by atoms with Gasteiger partial charge in [-0.25, -0.2) is 4.57 Å². The molecule has 0 aliphatic carbocycles. The Morgan fingerprint density at radius 3 is 1.91 bits per heavy atom. The van der Waals surface area contributed by atoms with Crippen LogP contribution >= 0.6 is 7.81 Å². The Hall–Kier alpha value is -3.32. The molecule has 0 saturated carbocycles. The summed E-state index contributed by atoms with van der Waals surface area (Å²) in [7, 11) is -6.34. The third kappa shape index (κ3) is 3.86. The summed E-state index contributed by atoms with van der Waals surface area (Å²) >= 11 is 0. The summed E-state index contributed by atoms with van der Waals surface area (Å²) in [5, 5.41) is 3.93. The Morgan fingerprint density at radius 1 is 0.667 bits per heavy atom. The molecule has 0 aliphatic rings. The van der Waals surface area contributed by atoms with E-state index in [1.54, 1.807) is 0 Å². The van der Waals surface area contributed by atoms with Crippen molar-refractivity contribution in [2.75, 3.05) is 0 Å². The van der Waals surface area contributed by atoms with Crippen LogP contribution in [-0.4, -0.2) is 8.97 Å². The zero-order valence-electron chi connectivity index (χ0n) is 17.5. The van der Waals surface area contributed by atoms with Crippen molar-refractivity contribution >= 4 is 57.2 Å². The molecular weight excluding hydrogens is 463 g/mol. The number of aromatic nitrogens is 3. The molecule has 33 heavy (non-hydrogen) atoms. The molecule has 0 fully saturated rings. The van der Waals surface area contributed by atoms with Crippen molar-refractivity contribution in [2.45, 2.75) is 0 Å². The predicted octanol–water partition coefficient (Wildman–Crippen LogP) is 8.10. The van der Waals surface area contributed by atoms with Gasteiger partial charge in [-0.3, -0.25) is 0 Å². The van der Waals surface area contributed by atoms with E-state index in [0.29, 0.717) is 0 Å². The van der Waals surface area contributed by atoms with Crippen LogP contribution in [0.4, 0.5) is 25.2 Å². The molecule has 172 valence electrons. The minimum absolute atomic E-state index is 1.21. The number of fused-ring (bicyclic) bond motifs is 6. The minimum atomic E-state index is -10.7. The maximum absolute atomic E-state index is 10.7. The Labute approximate surface area is 183 Å². The SMILES string of the molecule is Cn1c2ccccc2c2cc3n(c4cccc1c24)c1ccccc1[n+]3C.F[P-](F)(F)(F)(F)F. The summed E-state index contributed by atoms with van der Waals surface area (Å²) in [6, 6.07) is 26.3. The molecule has 3 heterocycles. The van der Waals surface area contributed by atoms with E-state index >= 15 is 0 Å². The van der Waals surface area contributed by atoms with E-state index in [1.165, 1.54) is 49.4 Å². The fraction of sp³-hybridized carbons (Fsp3) is 0.0870. The molecule has 0 aliphatic heterocycles. The van der Waals surface area contributed by atoms with Crippen LogP contribution in [0.25, 0.3) is 49.4 Å². The summed E-state index contributed by atoms with van der Waals surface area (Å²) in [6.07, 6.45) is 0. The third-order valence-electron chi connectivity index (χ3n) is 5.78. The van der Waals surface area contributed by atoms with Crippen LogP contribution in [0, 0.1) is 0 Å². The van der Waals surface area contributed by atoms with E-state index < -0.39 is 7.81 Å². The average molecular weight is 481 g/mol. The molecule has 0 radical (unpaired) electrons. The van der Waals surface area contributed by atoms with Gasteiger partial charge in [0, 0.05) is 29.4 Å². The first-order valence-corrected chi connectivity index (χ1v) is 12.0. The molecule has 0 spiro atoms. The molecule has 3 aromatic carbocycles. The number of aryl methyl sites for hydroxylation is 2. The van der Waals surface area contributed by atoms with Crippen LogP contribution in [0.2, 0.25) is 0 Å². The van der Waals surface area contributed by atoms with Crippen LogP contribution in [-0.2, 0) is 14.1 Å². The fourth-order valence-electron chi connectivity index (χ4n) is 4.56. The second kappa shape index (κ2) is 6.17. The van der Waals surface area contributed by atoms with Gasteiger partial charge in [0.15, 0.2) is 11.0 Å². The number of hydrogen-bond donors (Lipinski definition) is 0. The van der Waals surface area contributed by atoms with E-state index in [4.69, 9.17) is 0 Å². The second-order valence-electron chi connectivity index (χ2n) is 8.01. The van der Waals surface area contributed by atoms with Gasteiger partial charge in [0.05, 0.1) is 18.0 Å². The van der Waals surface area contributed by atoms with Crippen molar-refractivity contribution in [3.05, 3.63) is 72.8 Å². The summed E-state index contributed by atoms with van der Waals surface area (Å²) in [5.41, 5.74) is 7.49. The van der Waals surface area contributed by atoms with Crippen LogP contribution < -0.4 is 4.57 Å². The van der Waals surface area contributed by atoms with Gasteiger partial charge in [0.2, 0.25) is 0 Å². The Kier molecular flexibility index (Phi) is 4.02. The predicted molar refractivity (Wildman–Crippen MR) is 121 cm³/mol. The van der Waals surface area contributed by atoms with Gasteiger partial charge in [-0.2, -0.15) is 4.40 Å². The van der Waals surface area contributed by atoms with E-state index in [0.717, 1.165) is 0 Å². The number of rotatable bonds is 0. The summed E-state index contributed by atoms with van der Waals surface area (Å²) in [4.78, 5) is 0. The Bertz CT molecular complexity index is 1720. The molecule has 0 atom stereocenters. The third-order valence-corrected chi connectivity index (χ3v) is 5.78. The van der Waals surface area contributed by atoms with Crippen molar-refractivity contribution in [3.63, 3.8) is 0 Å². The number of hydrogen-bond acceptors (Lipinski definition) is 0. The van der Waals surface area contributed by atoms with Gasteiger partial charge in [-0.05, 0) is 30.3 Å². The number of halogens is 6. The summed E-state index contributed by atoms with van der Waals surface area (Å²) < 4.78 is 66.2. The first-order valence-electron chi connectivity index (χ1n) is 9.95. The number of imidazole rings is 1. The van der Waals surface area contributed by atoms with Gasteiger partial charge in [0.1, 0.15) is 5.52 Å². The molecule has 0 N–H and O–H groups in total. The monoisotopic (exact) mass is 481 g/mol. The van der Waals surface area contributed by atoms with E-state index in [9.17, 15) is 25.2 Å². The van der Waals surface area contributed by atoms with Gasteiger partial charge in [0.25, 0.3) is 5.65 Å². The van der Waals surface area contributed by atoms with Crippen molar-refractivity contribution < 1.29 is 29.7 Å². The molecule has 6 aromatic rings. The zero-order chi connectivity index (χ0) is 23.8. The van der Waals surface area contributed by atoms with Crippen molar-refractivity contribution in [1.29, 1.82) is 0 Å². The second-order valence-corrected chi connectivity index (χ2v) is 9.92. The van der Waals surface area contributed by atoms with E-state index in [1.807, 2.05) is 0 Å². The molecule has 3 aromatic heterocycles. The molecule has 0 amide bonds. The van der Waals surface area contributed by atoms with Crippen molar-refractivity contribution in [3.8, 4) is 0 Å².